The number of carbonyl (C=O) groups excluding carboxylic acids is 2. The van der Waals surface area contributed by atoms with Crippen molar-refractivity contribution in [1.29, 1.82) is 0 Å². The quantitative estimate of drug-likeness (QED) is 0.321. The zero-order valence-corrected chi connectivity index (χ0v) is 22.7. The molecule has 2 amide bonds. The molecule has 33 heavy (non-hydrogen) atoms. The van der Waals surface area contributed by atoms with Crippen LogP contribution in [-0.4, -0.2) is 34.6 Å². The van der Waals surface area contributed by atoms with Gasteiger partial charge >= 0.3 is 0 Å². The summed E-state index contributed by atoms with van der Waals surface area (Å²) < 4.78 is 0. The summed E-state index contributed by atoms with van der Waals surface area (Å²) in [6.07, 6.45) is 1.28. The number of benzene rings is 2. The number of nitrogens with one attached hydrogen (secondary N) is 1. The van der Waals surface area contributed by atoms with E-state index < -0.39 is 6.04 Å². The van der Waals surface area contributed by atoms with E-state index in [1.165, 1.54) is 11.8 Å². The second-order valence-corrected chi connectivity index (χ2v) is 10.4. The molecule has 1 N–H and O–H groups in total. The molecule has 0 heterocycles. The van der Waals surface area contributed by atoms with Crippen LogP contribution in [-0.2, 0) is 21.9 Å². The topological polar surface area (TPSA) is 49.4 Å². The molecular weight excluding hydrogens is 522 g/mol. The minimum Gasteiger partial charge on any atom is -0.352 e. The molecule has 2 atom stereocenters. The number of halogens is 4. The highest BCUT2D eigenvalue weighted by Crippen LogP contribution is 2.27. The predicted octanol–water partition coefficient (Wildman–Crippen LogP) is 7.26. The van der Waals surface area contributed by atoms with Gasteiger partial charge in [-0.25, -0.2) is 0 Å². The number of thioether (sulfide) groups is 1. The van der Waals surface area contributed by atoms with Crippen molar-refractivity contribution in [2.24, 2.45) is 0 Å². The Hall–Kier alpha value is -1.11. The van der Waals surface area contributed by atoms with E-state index in [0.717, 1.165) is 17.5 Å². The molecule has 9 heteroatoms. The van der Waals surface area contributed by atoms with Crippen molar-refractivity contribution >= 4 is 70.0 Å². The second kappa shape index (κ2) is 13.7. The standard InChI is InChI=1S/C24H28Cl4N2O2S/c1-4-15(3)29-24(32)22(5-2)30(12-16-6-8-18(25)10-20(16)27)23(31)14-33-13-17-7-9-19(26)11-21(17)28/h6-11,15,22H,4-5,12-14H2,1-3H3,(H,29,32)/t15-,22-/m0/s1. The highest BCUT2D eigenvalue weighted by atomic mass is 35.5. The van der Waals surface area contributed by atoms with E-state index in [2.05, 4.69) is 5.32 Å². The van der Waals surface area contributed by atoms with Crippen LogP contribution in [0.15, 0.2) is 36.4 Å². The van der Waals surface area contributed by atoms with Gasteiger partial charge in [0.25, 0.3) is 0 Å². The molecule has 0 radical (unpaired) electrons. The summed E-state index contributed by atoms with van der Waals surface area (Å²) >= 11 is 26.0. The van der Waals surface area contributed by atoms with Crippen LogP contribution >= 0.6 is 58.2 Å². The molecule has 4 nitrogen and oxygen atoms in total. The van der Waals surface area contributed by atoms with Gasteiger partial charge in [0.05, 0.1) is 5.75 Å². The van der Waals surface area contributed by atoms with Crippen LogP contribution in [0.2, 0.25) is 20.1 Å². The summed E-state index contributed by atoms with van der Waals surface area (Å²) in [5, 5.41) is 5.09. The van der Waals surface area contributed by atoms with Gasteiger partial charge in [0.15, 0.2) is 0 Å². The zero-order valence-electron chi connectivity index (χ0n) is 18.8. The van der Waals surface area contributed by atoms with Gasteiger partial charge in [0, 0.05) is 38.4 Å². The van der Waals surface area contributed by atoms with Crippen LogP contribution in [0, 0.1) is 0 Å². The third kappa shape index (κ3) is 8.56. The van der Waals surface area contributed by atoms with Gasteiger partial charge in [-0.3, -0.25) is 9.59 Å². The largest absolute Gasteiger partial charge is 0.352 e. The molecule has 0 saturated heterocycles. The van der Waals surface area contributed by atoms with Crippen molar-refractivity contribution in [2.45, 2.75) is 58.0 Å². The Labute approximate surface area is 220 Å². The fraction of sp³-hybridized carbons (Fsp3) is 0.417. The highest BCUT2D eigenvalue weighted by Gasteiger charge is 2.29. The Morgan fingerprint density at radius 1 is 0.939 bits per heavy atom. The first-order chi connectivity index (χ1) is 15.7. The van der Waals surface area contributed by atoms with E-state index >= 15 is 0 Å². The average molecular weight is 550 g/mol. The zero-order chi connectivity index (χ0) is 24.5. The fourth-order valence-corrected chi connectivity index (χ4v) is 5.10. The maximum absolute atomic E-state index is 13.3. The van der Waals surface area contributed by atoms with Gasteiger partial charge in [0.1, 0.15) is 6.04 Å². The molecule has 0 unspecified atom stereocenters. The normalized spacial score (nSPS) is 12.8. The molecule has 2 rings (SSSR count). The van der Waals surface area contributed by atoms with Crippen LogP contribution in [0.25, 0.3) is 0 Å². The first-order valence-corrected chi connectivity index (χ1v) is 13.4. The number of nitrogens with zero attached hydrogens (tertiary/aromatic N) is 1. The molecule has 0 saturated carbocycles. The summed E-state index contributed by atoms with van der Waals surface area (Å²) in [5.74, 6) is 0.419. The number of hydrogen-bond acceptors (Lipinski definition) is 3. The van der Waals surface area contributed by atoms with Crippen molar-refractivity contribution in [3.05, 3.63) is 67.6 Å². The van der Waals surface area contributed by atoms with E-state index in [1.807, 2.05) is 26.8 Å². The number of rotatable bonds is 11. The Kier molecular flexibility index (Phi) is 11.7. The Morgan fingerprint density at radius 3 is 2.03 bits per heavy atom. The molecule has 0 bridgehead atoms. The Balaban J connectivity index is 2.20. The number of hydrogen-bond donors (Lipinski definition) is 1. The van der Waals surface area contributed by atoms with Gasteiger partial charge in [-0.2, -0.15) is 0 Å². The lowest BCUT2D eigenvalue weighted by atomic mass is 10.1. The summed E-state index contributed by atoms with van der Waals surface area (Å²) in [7, 11) is 0. The van der Waals surface area contributed by atoms with Crippen molar-refractivity contribution in [1.82, 2.24) is 10.2 Å². The lowest BCUT2D eigenvalue weighted by molar-refractivity contribution is -0.139. The van der Waals surface area contributed by atoms with Gasteiger partial charge in [-0.05, 0) is 55.2 Å². The van der Waals surface area contributed by atoms with Crippen LogP contribution < -0.4 is 5.32 Å². The van der Waals surface area contributed by atoms with E-state index in [-0.39, 0.29) is 30.2 Å². The third-order valence-corrected chi connectivity index (χ3v) is 7.38. The maximum Gasteiger partial charge on any atom is 0.243 e. The summed E-state index contributed by atoms with van der Waals surface area (Å²) in [5.41, 5.74) is 1.63. The molecule has 0 aliphatic carbocycles. The van der Waals surface area contributed by atoms with Crippen LogP contribution in [0.5, 0.6) is 0 Å². The van der Waals surface area contributed by atoms with E-state index in [9.17, 15) is 9.59 Å². The van der Waals surface area contributed by atoms with Crippen LogP contribution in [0.3, 0.4) is 0 Å². The Morgan fingerprint density at radius 2 is 1.52 bits per heavy atom. The molecule has 0 spiro atoms. The minimum absolute atomic E-state index is 0.0176. The van der Waals surface area contributed by atoms with Crippen molar-refractivity contribution in [3.63, 3.8) is 0 Å². The average Bonchev–Trinajstić information content (AvgIpc) is 2.76. The Bertz CT molecular complexity index is 973. The monoisotopic (exact) mass is 548 g/mol. The fourth-order valence-electron chi connectivity index (χ4n) is 3.16. The number of amides is 2. The highest BCUT2D eigenvalue weighted by molar-refractivity contribution is 7.99. The van der Waals surface area contributed by atoms with Gasteiger partial charge in [0.2, 0.25) is 11.8 Å². The summed E-state index contributed by atoms with van der Waals surface area (Å²) in [6, 6.07) is 9.85. The van der Waals surface area contributed by atoms with Crippen molar-refractivity contribution in [3.8, 4) is 0 Å². The molecule has 0 fully saturated rings. The first kappa shape index (κ1) is 28.1. The first-order valence-electron chi connectivity index (χ1n) is 10.7. The molecule has 180 valence electrons. The second-order valence-electron chi connectivity index (χ2n) is 7.73. The SMILES string of the molecule is CC[C@H](C)NC(=O)[C@H](CC)N(Cc1ccc(Cl)cc1Cl)C(=O)CSCc1ccc(Cl)cc1Cl. The minimum atomic E-state index is -0.613. The number of carbonyl (C=O) groups is 2. The van der Waals surface area contributed by atoms with Gasteiger partial charge in [-0.1, -0.05) is 72.4 Å². The summed E-state index contributed by atoms with van der Waals surface area (Å²) in [4.78, 5) is 27.9. The summed E-state index contributed by atoms with van der Waals surface area (Å²) in [6.45, 7) is 6.05. The van der Waals surface area contributed by atoms with E-state index in [0.29, 0.717) is 32.3 Å². The molecule has 0 aromatic heterocycles. The third-order valence-electron chi connectivity index (χ3n) is 5.24. The van der Waals surface area contributed by atoms with Crippen molar-refractivity contribution < 1.29 is 9.59 Å². The molecular formula is C24H28Cl4N2O2S. The van der Waals surface area contributed by atoms with Crippen molar-refractivity contribution in [2.75, 3.05) is 5.75 Å². The van der Waals surface area contributed by atoms with Gasteiger partial charge < -0.3 is 10.2 Å². The van der Waals surface area contributed by atoms with Crippen LogP contribution in [0.1, 0.15) is 44.7 Å². The molecule has 2 aromatic carbocycles. The van der Waals surface area contributed by atoms with E-state index in [1.54, 1.807) is 35.2 Å². The predicted molar refractivity (Wildman–Crippen MR) is 142 cm³/mol. The molecule has 2 aromatic rings. The molecule has 0 aliphatic heterocycles. The lowest BCUT2D eigenvalue weighted by Crippen LogP contribution is -2.51. The molecule has 0 aliphatic rings. The maximum atomic E-state index is 13.3. The van der Waals surface area contributed by atoms with E-state index in [4.69, 9.17) is 46.4 Å². The smallest absolute Gasteiger partial charge is 0.243 e. The lowest BCUT2D eigenvalue weighted by Gasteiger charge is -2.31. The van der Waals surface area contributed by atoms with Gasteiger partial charge in [-0.15, -0.1) is 11.8 Å². The van der Waals surface area contributed by atoms with Crippen LogP contribution in [0.4, 0.5) is 0 Å².